The third kappa shape index (κ3) is 3.75. The molecule has 0 aliphatic rings. The van der Waals surface area contributed by atoms with Crippen LogP contribution in [0, 0.1) is 0 Å². The lowest BCUT2D eigenvalue weighted by Gasteiger charge is -2.17. The Morgan fingerprint density at radius 3 is 1.00 bits per heavy atom. The first-order chi connectivity index (χ1) is 11.3. The van der Waals surface area contributed by atoms with E-state index in [-0.39, 0.29) is 11.5 Å². The maximum Gasteiger partial charge on any atom is 0.420 e. The Kier molecular flexibility index (Phi) is 4.28. The summed E-state index contributed by atoms with van der Waals surface area (Å²) >= 11 is 0. The number of halogens is 6. The van der Waals surface area contributed by atoms with E-state index in [1.807, 2.05) is 0 Å². The molecule has 0 unspecified atom stereocenters. The molecule has 11 heteroatoms. The first kappa shape index (κ1) is 18.4. The number of hydrogen-bond acceptors (Lipinski definition) is 5. The minimum Gasteiger partial charge on any atom is -0.457 e. The molecule has 0 aliphatic carbocycles. The van der Waals surface area contributed by atoms with Crippen LogP contribution in [0.25, 0.3) is 0 Å². The fourth-order valence-electron chi connectivity index (χ4n) is 2.23. The Hall–Kier alpha value is -2.98. The number of ether oxygens (including phenoxy) is 1. The number of hydrogen-bond donors (Lipinski definition) is 4. The van der Waals surface area contributed by atoms with Crippen molar-refractivity contribution in [3.05, 3.63) is 35.4 Å². The lowest BCUT2D eigenvalue weighted by molar-refractivity contribution is -0.137. The van der Waals surface area contributed by atoms with Gasteiger partial charge in [0.2, 0.25) is 0 Å². The molecule has 0 spiro atoms. The molecule has 136 valence electrons. The van der Waals surface area contributed by atoms with Crippen LogP contribution in [-0.4, -0.2) is 0 Å². The predicted molar refractivity (Wildman–Crippen MR) is 80.6 cm³/mol. The van der Waals surface area contributed by atoms with Gasteiger partial charge in [-0.05, 0) is 0 Å². The average Bonchev–Trinajstić information content (AvgIpc) is 2.32. The van der Waals surface area contributed by atoms with Gasteiger partial charge in [-0.15, -0.1) is 0 Å². The van der Waals surface area contributed by atoms with Gasteiger partial charge in [0.15, 0.2) is 0 Å². The smallest absolute Gasteiger partial charge is 0.420 e. The zero-order valence-corrected chi connectivity index (χ0v) is 12.3. The third-order valence-electron chi connectivity index (χ3n) is 3.15. The van der Waals surface area contributed by atoms with Crippen molar-refractivity contribution in [3.8, 4) is 11.5 Å². The van der Waals surface area contributed by atoms with Crippen LogP contribution in [0.15, 0.2) is 24.3 Å². The number of nitrogens with two attached hydrogens (primary N) is 4. The fraction of sp³-hybridized carbons (Fsp3) is 0.143. The Morgan fingerprint density at radius 2 is 0.800 bits per heavy atom. The molecule has 5 nitrogen and oxygen atoms in total. The number of rotatable bonds is 2. The molecule has 8 N–H and O–H groups in total. The van der Waals surface area contributed by atoms with Crippen molar-refractivity contribution in [2.24, 2.45) is 0 Å². The van der Waals surface area contributed by atoms with Gasteiger partial charge in [-0.25, -0.2) is 0 Å². The molecule has 0 saturated carbocycles. The van der Waals surface area contributed by atoms with Crippen molar-refractivity contribution in [2.45, 2.75) is 12.4 Å². The maximum atomic E-state index is 12.8. The Balaban J connectivity index is 2.42. The minimum atomic E-state index is -4.77. The van der Waals surface area contributed by atoms with E-state index in [1.165, 1.54) is 0 Å². The highest BCUT2D eigenvalue weighted by molar-refractivity contribution is 5.69. The summed E-state index contributed by atoms with van der Waals surface area (Å²) in [6.07, 6.45) is -9.54. The molecule has 25 heavy (non-hydrogen) atoms. The second-order valence-electron chi connectivity index (χ2n) is 5.05. The number of benzene rings is 2. The Morgan fingerprint density at radius 1 is 0.560 bits per heavy atom. The van der Waals surface area contributed by atoms with Crippen molar-refractivity contribution in [2.75, 3.05) is 22.9 Å². The third-order valence-corrected chi connectivity index (χ3v) is 3.15. The van der Waals surface area contributed by atoms with Crippen LogP contribution in [0.4, 0.5) is 49.1 Å². The van der Waals surface area contributed by atoms with Crippen LogP contribution in [-0.2, 0) is 12.4 Å². The zero-order valence-electron chi connectivity index (χ0n) is 12.3. The van der Waals surface area contributed by atoms with E-state index in [2.05, 4.69) is 0 Å². The molecular weight excluding hydrogens is 354 g/mol. The van der Waals surface area contributed by atoms with E-state index >= 15 is 0 Å². The number of anilines is 4. The summed E-state index contributed by atoms with van der Waals surface area (Å²) in [5.74, 6) is -0.442. The van der Waals surface area contributed by atoms with Gasteiger partial charge < -0.3 is 27.7 Å². The maximum absolute atomic E-state index is 12.8. The second kappa shape index (κ2) is 5.83. The summed E-state index contributed by atoms with van der Waals surface area (Å²) < 4.78 is 81.9. The quantitative estimate of drug-likeness (QED) is 0.476. The topological polar surface area (TPSA) is 113 Å². The van der Waals surface area contributed by atoms with Crippen molar-refractivity contribution in [1.29, 1.82) is 0 Å². The molecule has 2 rings (SSSR count). The molecule has 0 radical (unpaired) electrons. The second-order valence-corrected chi connectivity index (χ2v) is 5.05. The zero-order chi connectivity index (χ0) is 19.2. The molecule has 0 saturated heterocycles. The Bertz CT molecular complexity index is 702. The van der Waals surface area contributed by atoms with E-state index in [4.69, 9.17) is 27.7 Å². The van der Waals surface area contributed by atoms with Crippen LogP contribution < -0.4 is 27.7 Å². The van der Waals surface area contributed by atoms with Gasteiger partial charge in [0.05, 0.1) is 0 Å². The molecular formula is C14H12F6N4O. The van der Waals surface area contributed by atoms with Crippen molar-refractivity contribution >= 4 is 22.7 Å². The highest BCUT2D eigenvalue weighted by Gasteiger charge is 2.37. The highest BCUT2D eigenvalue weighted by Crippen LogP contribution is 2.43. The molecule has 2 aromatic carbocycles. The molecule has 0 amide bonds. The normalized spacial score (nSPS) is 12.2. The lowest BCUT2D eigenvalue weighted by Crippen LogP contribution is -2.13. The first-order valence-corrected chi connectivity index (χ1v) is 6.51. The van der Waals surface area contributed by atoms with Gasteiger partial charge >= 0.3 is 12.4 Å². The first-order valence-electron chi connectivity index (χ1n) is 6.51. The van der Waals surface area contributed by atoms with Gasteiger partial charge in [0, 0.05) is 47.0 Å². The largest absolute Gasteiger partial charge is 0.457 e. The molecule has 0 aromatic heterocycles. The van der Waals surface area contributed by atoms with Gasteiger partial charge in [0.1, 0.15) is 22.6 Å². The van der Waals surface area contributed by atoms with E-state index in [9.17, 15) is 26.3 Å². The summed E-state index contributed by atoms with van der Waals surface area (Å²) in [5, 5.41) is 0. The molecule has 0 bridgehead atoms. The van der Waals surface area contributed by atoms with Gasteiger partial charge in [0.25, 0.3) is 0 Å². The van der Waals surface area contributed by atoms with Crippen LogP contribution in [0.3, 0.4) is 0 Å². The van der Waals surface area contributed by atoms with Crippen LogP contribution in [0.5, 0.6) is 11.5 Å². The standard InChI is InChI=1S/C14H12F6N4O/c15-13(16,17)11-7(21)1-5(2-8(11)22)25-6-3-9(23)12(10(24)4-6)14(18,19)20/h1-4H,21-24H2. The van der Waals surface area contributed by atoms with Crippen LogP contribution in [0.2, 0.25) is 0 Å². The van der Waals surface area contributed by atoms with E-state index in [0.717, 1.165) is 24.3 Å². The summed E-state index contributed by atoms with van der Waals surface area (Å²) in [6, 6.07) is 3.35. The van der Waals surface area contributed by atoms with E-state index in [0.29, 0.717) is 0 Å². The van der Waals surface area contributed by atoms with Gasteiger partial charge in [-0.2, -0.15) is 26.3 Å². The fourth-order valence-corrected chi connectivity index (χ4v) is 2.23. The molecule has 2 aromatic rings. The highest BCUT2D eigenvalue weighted by atomic mass is 19.4. The Labute approximate surface area is 137 Å². The molecule has 0 heterocycles. The van der Waals surface area contributed by atoms with Crippen molar-refractivity contribution in [3.63, 3.8) is 0 Å². The molecule has 0 fully saturated rings. The van der Waals surface area contributed by atoms with Crippen molar-refractivity contribution in [1.82, 2.24) is 0 Å². The number of nitrogen functional groups attached to an aromatic ring is 4. The van der Waals surface area contributed by atoms with Crippen LogP contribution in [0.1, 0.15) is 11.1 Å². The number of alkyl halides is 6. The summed E-state index contributed by atoms with van der Waals surface area (Å²) in [7, 11) is 0. The van der Waals surface area contributed by atoms with E-state index in [1.54, 1.807) is 0 Å². The molecule has 0 atom stereocenters. The summed E-state index contributed by atoms with van der Waals surface area (Å²) in [6.45, 7) is 0. The minimum absolute atomic E-state index is 0.221. The SMILES string of the molecule is Nc1cc(Oc2cc(N)c(C(F)(F)F)c(N)c2)cc(N)c1C(F)(F)F. The van der Waals surface area contributed by atoms with Gasteiger partial charge in [-0.3, -0.25) is 0 Å². The van der Waals surface area contributed by atoms with E-state index < -0.39 is 46.2 Å². The van der Waals surface area contributed by atoms with Crippen LogP contribution >= 0.6 is 0 Å². The monoisotopic (exact) mass is 366 g/mol. The average molecular weight is 366 g/mol. The lowest BCUT2D eigenvalue weighted by atomic mass is 10.1. The molecule has 0 aliphatic heterocycles. The van der Waals surface area contributed by atoms with Crippen molar-refractivity contribution < 1.29 is 31.1 Å². The summed E-state index contributed by atoms with van der Waals surface area (Å²) in [4.78, 5) is 0. The predicted octanol–water partition coefficient (Wildman–Crippen LogP) is 3.85. The van der Waals surface area contributed by atoms with Gasteiger partial charge in [-0.1, -0.05) is 0 Å². The summed E-state index contributed by atoms with van der Waals surface area (Å²) in [5.41, 5.74) is 16.0.